The van der Waals surface area contributed by atoms with Gasteiger partial charge in [0.25, 0.3) is 0 Å². The molecule has 16 heavy (non-hydrogen) atoms. The van der Waals surface area contributed by atoms with Crippen LogP contribution in [0.2, 0.25) is 0 Å². The van der Waals surface area contributed by atoms with Gasteiger partial charge in [0.15, 0.2) is 0 Å². The number of hydrogen-bond acceptors (Lipinski definition) is 3. The molecule has 0 unspecified atom stereocenters. The highest BCUT2D eigenvalue weighted by Crippen LogP contribution is 2.19. The number of hydrogen-bond donors (Lipinski definition) is 2. The van der Waals surface area contributed by atoms with Crippen molar-refractivity contribution in [2.24, 2.45) is 0 Å². The summed E-state index contributed by atoms with van der Waals surface area (Å²) in [5.41, 5.74) is 2.94. The zero-order valence-corrected chi connectivity index (χ0v) is 9.95. The van der Waals surface area contributed by atoms with E-state index in [1.54, 1.807) is 7.05 Å². The number of benzene rings is 1. The number of rotatable bonds is 4. The third-order valence-corrected chi connectivity index (χ3v) is 2.51. The van der Waals surface area contributed by atoms with Crippen LogP contribution in [0.5, 0.6) is 0 Å². The SMILES string of the molecule is CNC(=O)CN(C)c1ccc(CO)cc1C. The van der Waals surface area contributed by atoms with Gasteiger partial charge < -0.3 is 15.3 Å². The van der Waals surface area contributed by atoms with Gasteiger partial charge >= 0.3 is 0 Å². The first kappa shape index (κ1) is 12.5. The van der Waals surface area contributed by atoms with Crippen molar-refractivity contribution in [2.75, 3.05) is 25.5 Å². The van der Waals surface area contributed by atoms with Crippen LogP contribution in [0.3, 0.4) is 0 Å². The maximum atomic E-state index is 11.2. The van der Waals surface area contributed by atoms with E-state index < -0.39 is 0 Å². The summed E-state index contributed by atoms with van der Waals surface area (Å²) in [5, 5.41) is 11.6. The van der Waals surface area contributed by atoms with Gasteiger partial charge in [-0.15, -0.1) is 0 Å². The number of nitrogens with zero attached hydrogens (tertiary/aromatic N) is 1. The molecule has 4 nitrogen and oxygen atoms in total. The molecule has 0 radical (unpaired) electrons. The predicted molar refractivity (Wildman–Crippen MR) is 64.4 cm³/mol. The molecule has 2 N–H and O–H groups in total. The lowest BCUT2D eigenvalue weighted by Gasteiger charge is -2.20. The standard InChI is InChI=1S/C12H18N2O2/c1-9-6-10(8-15)4-5-11(9)14(3)7-12(16)13-2/h4-6,15H,7-8H2,1-3H3,(H,13,16). The number of amides is 1. The van der Waals surface area contributed by atoms with Gasteiger partial charge in [-0.3, -0.25) is 4.79 Å². The molecule has 0 saturated heterocycles. The maximum Gasteiger partial charge on any atom is 0.239 e. The van der Waals surface area contributed by atoms with Crippen LogP contribution in [0.4, 0.5) is 5.69 Å². The molecule has 0 aliphatic heterocycles. The van der Waals surface area contributed by atoms with E-state index >= 15 is 0 Å². The normalized spacial score (nSPS) is 10.0. The fourth-order valence-corrected chi connectivity index (χ4v) is 1.62. The highest BCUT2D eigenvalue weighted by molar-refractivity contribution is 5.81. The van der Waals surface area contributed by atoms with Gasteiger partial charge in [0.05, 0.1) is 13.2 Å². The molecule has 0 aliphatic rings. The molecule has 0 spiro atoms. The summed E-state index contributed by atoms with van der Waals surface area (Å²) in [4.78, 5) is 13.1. The van der Waals surface area contributed by atoms with Crippen molar-refractivity contribution < 1.29 is 9.90 Å². The molecule has 0 aromatic heterocycles. The Bertz CT molecular complexity index is 377. The van der Waals surface area contributed by atoms with Gasteiger partial charge in [0, 0.05) is 19.8 Å². The van der Waals surface area contributed by atoms with Gasteiger partial charge in [-0.25, -0.2) is 0 Å². The molecule has 0 aliphatic carbocycles. The molecule has 0 fully saturated rings. The van der Waals surface area contributed by atoms with Gasteiger partial charge in [0.1, 0.15) is 0 Å². The lowest BCUT2D eigenvalue weighted by atomic mass is 10.1. The highest BCUT2D eigenvalue weighted by atomic mass is 16.3. The van der Waals surface area contributed by atoms with Crippen molar-refractivity contribution in [3.05, 3.63) is 29.3 Å². The van der Waals surface area contributed by atoms with Crippen LogP contribution in [-0.4, -0.2) is 31.7 Å². The Balaban J connectivity index is 2.83. The first-order valence-electron chi connectivity index (χ1n) is 5.20. The van der Waals surface area contributed by atoms with E-state index in [1.165, 1.54) is 0 Å². The third kappa shape index (κ3) is 2.97. The average molecular weight is 222 g/mol. The molecular formula is C12H18N2O2. The van der Waals surface area contributed by atoms with E-state index in [1.807, 2.05) is 37.1 Å². The van der Waals surface area contributed by atoms with Crippen LogP contribution in [-0.2, 0) is 11.4 Å². The van der Waals surface area contributed by atoms with Crippen molar-refractivity contribution in [3.8, 4) is 0 Å². The van der Waals surface area contributed by atoms with E-state index in [0.29, 0.717) is 6.54 Å². The minimum atomic E-state index is -0.0202. The lowest BCUT2D eigenvalue weighted by Crippen LogP contribution is -2.33. The van der Waals surface area contributed by atoms with Crippen molar-refractivity contribution in [2.45, 2.75) is 13.5 Å². The molecule has 1 amide bonds. The Hall–Kier alpha value is -1.55. The molecule has 0 atom stereocenters. The second kappa shape index (κ2) is 5.51. The number of anilines is 1. The number of nitrogens with one attached hydrogen (secondary N) is 1. The van der Waals surface area contributed by atoms with Crippen molar-refractivity contribution in [3.63, 3.8) is 0 Å². The molecule has 1 aromatic carbocycles. The highest BCUT2D eigenvalue weighted by Gasteiger charge is 2.08. The summed E-state index contributed by atoms with van der Waals surface area (Å²) >= 11 is 0. The van der Waals surface area contributed by atoms with Crippen LogP contribution < -0.4 is 10.2 Å². The van der Waals surface area contributed by atoms with Gasteiger partial charge in [-0.2, -0.15) is 0 Å². The van der Waals surface area contributed by atoms with E-state index in [0.717, 1.165) is 16.8 Å². The molecule has 88 valence electrons. The predicted octanol–water partition coefficient (Wildman–Crippen LogP) is 0.670. The van der Waals surface area contributed by atoms with E-state index in [2.05, 4.69) is 5.32 Å². The summed E-state index contributed by atoms with van der Waals surface area (Å²) in [6, 6.07) is 5.71. The van der Waals surface area contributed by atoms with Gasteiger partial charge in [0.2, 0.25) is 5.91 Å². The molecule has 0 bridgehead atoms. The monoisotopic (exact) mass is 222 g/mol. The van der Waals surface area contributed by atoms with Crippen molar-refractivity contribution in [1.82, 2.24) is 5.32 Å². The summed E-state index contributed by atoms with van der Waals surface area (Å²) in [7, 11) is 3.49. The van der Waals surface area contributed by atoms with E-state index in [-0.39, 0.29) is 12.5 Å². The Morgan fingerprint density at radius 3 is 2.69 bits per heavy atom. The van der Waals surface area contributed by atoms with Crippen LogP contribution in [0.15, 0.2) is 18.2 Å². The molecule has 0 saturated carbocycles. The van der Waals surface area contributed by atoms with Gasteiger partial charge in [-0.05, 0) is 24.1 Å². The zero-order valence-electron chi connectivity index (χ0n) is 9.95. The Labute approximate surface area is 95.9 Å². The molecular weight excluding hydrogens is 204 g/mol. The van der Waals surface area contributed by atoms with Crippen LogP contribution in [0.1, 0.15) is 11.1 Å². The van der Waals surface area contributed by atoms with Crippen LogP contribution in [0, 0.1) is 6.92 Å². The first-order valence-corrected chi connectivity index (χ1v) is 5.20. The maximum absolute atomic E-state index is 11.2. The summed E-state index contributed by atoms with van der Waals surface area (Å²) in [6.45, 7) is 2.34. The topological polar surface area (TPSA) is 52.6 Å². The minimum Gasteiger partial charge on any atom is -0.392 e. The number of aliphatic hydroxyl groups excluding tert-OH is 1. The Morgan fingerprint density at radius 1 is 1.50 bits per heavy atom. The quantitative estimate of drug-likeness (QED) is 0.787. The zero-order chi connectivity index (χ0) is 12.1. The van der Waals surface area contributed by atoms with E-state index in [4.69, 9.17) is 5.11 Å². The second-order valence-electron chi connectivity index (χ2n) is 3.81. The lowest BCUT2D eigenvalue weighted by molar-refractivity contribution is -0.119. The number of carbonyl (C=O) groups excluding carboxylic acids is 1. The third-order valence-electron chi connectivity index (χ3n) is 2.51. The largest absolute Gasteiger partial charge is 0.392 e. The smallest absolute Gasteiger partial charge is 0.239 e. The molecule has 4 heteroatoms. The van der Waals surface area contributed by atoms with Crippen LogP contribution >= 0.6 is 0 Å². The van der Waals surface area contributed by atoms with E-state index in [9.17, 15) is 4.79 Å². The van der Waals surface area contributed by atoms with Crippen molar-refractivity contribution >= 4 is 11.6 Å². The van der Waals surface area contributed by atoms with Crippen molar-refractivity contribution in [1.29, 1.82) is 0 Å². The number of carbonyl (C=O) groups is 1. The molecule has 0 heterocycles. The fraction of sp³-hybridized carbons (Fsp3) is 0.417. The van der Waals surface area contributed by atoms with Crippen LogP contribution in [0.25, 0.3) is 0 Å². The Kier molecular flexibility index (Phi) is 4.31. The molecule has 1 aromatic rings. The summed E-state index contributed by atoms with van der Waals surface area (Å²) < 4.78 is 0. The second-order valence-corrected chi connectivity index (χ2v) is 3.81. The minimum absolute atomic E-state index is 0.0202. The Morgan fingerprint density at radius 2 is 2.19 bits per heavy atom. The number of aryl methyl sites for hydroxylation is 1. The first-order chi connectivity index (χ1) is 7.58. The molecule has 1 rings (SSSR count). The fourth-order valence-electron chi connectivity index (χ4n) is 1.62. The number of likely N-dealkylation sites (N-methyl/N-ethyl adjacent to an activating group) is 2. The summed E-state index contributed by atoms with van der Waals surface area (Å²) in [6.07, 6.45) is 0. The summed E-state index contributed by atoms with van der Waals surface area (Å²) in [5.74, 6) is -0.0202. The number of aliphatic hydroxyl groups is 1. The van der Waals surface area contributed by atoms with Gasteiger partial charge in [-0.1, -0.05) is 12.1 Å². The average Bonchev–Trinajstić information content (AvgIpc) is 2.28.